The number of nitrogens with zero attached hydrogens (tertiary/aromatic N) is 1. The highest BCUT2D eigenvalue weighted by molar-refractivity contribution is 5.82. The highest BCUT2D eigenvalue weighted by atomic mass is 16.5. The van der Waals surface area contributed by atoms with Crippen molar-refractivity contribution < 1.29 is 9.53 Å². The van der Waals surface area contributed by atoms with Crippen LogP contribution in [0.25, 0.3) is 0 Å². The van der Waals surface area contributed by atoms with Crippen LogP contribution in [0.15, 0.2) is 0 Å². The smallest absolute Gasteiger partial charge is 0.251 e. The Morgan fingerprint density at radius 1 is 1.50 bits per heavy atom. The molecule has 1 heterocycles. The van der Waals surface area contributed by atoms with Crippen molar-refractivity contribution in [3.8, 4) is 0 Å². The third-order valence-corrected chi connectivity index (χ3v) is 1.87. The second kappa shape index (κ2) is 3.05. The van der Waals surface area contributed by atoms with Crippen LogP contribution in [-0.4, -0.2) is 36.1 Å². The van der Waals surface area contributed by atoms with E-state index >= 15 is 0 Å². The second-order valence-corrected chi connectivity index (χ2v) is 4.27. The molecule has 0 bridgehead atoms. The van der Waals surface area contributed by atoms with Crippen molar-refractivity contribution in [2.24, 2.45) is 0 Å². The molecule has 0 aromatic carbocycles. The van der Waals surface area contributed by atoms with Crippen molar-refractivity contribution in [2.75, 3.05) is 13.6 Å². The van der Waals surface area contributed by atoms with Crippen molar-refractivity contribution in [3.63, 3.8) is 0 Å². The minimum absolute atomic E-state index is 0.116. The van der Waals surface area contributed by atoms with E-state index in [1.54, 1.807) is 4.90 Å². The van der Waals surface area contributed by atoms with Crippen LogP contribution >= 0.6 is 0 Å². The quantitative estimate of drug-likeness (QED) is 0.589. The van der Waals surface area contributed by atoms with Gasteiger partial charge in [0.05, 0.1) is 5.60 Å². The summed E-state index contributed by atoms with van der Waals surface area (Å²) in [6.07, 6.45) is 0.613. The molecule has 0 unspecified atom stereocenters. The third kappa shape index (κ3) is 2.21. The molecule has 3 nitrogen and oxygen atoms in total. The van der Waals surface area contributed by atoms with Crippen LogP contribution < -0.4 is 0 Å². The maximum absolute atomic E-state index is 11.4. The van der Waals surface area contributed by atoms with Gasteiger partial charge in [-0.2, -0.15) is 0 Å². The lowest BCUT2D eigenvalue weighted by atomic mass is 10.1. The Morgan fingerprint density at radius 3 is 2.42 bits per heavy atom. The molecule has 0 saturated carbocycles. The van der Waals surface area contributed by atoms with E-state index in [4.69, 9.17) is 4.74 Å². The van der Waals surface area contributed by atoms with Gasteiger partial charge in [-0.15, -0.1) is 0 Å². The first-order chi connectivity index (χ1) is 5.40. The summed E-state index contributed by atoms with van der Waals surface area (Å²) in [7, 11) is 1.81. The summed E-state index contributed by atoms with van der Waals surface area (Å²) in [5, 5.41) is 0. The Labute approximate surface area is 73.7 Å². The maximum atomic E-state index is 11.4. The van der Waals surface area contributed by atoms with Gasteiger partial charge in [-0.05, 0) is 20.8 Å². The van der Waals surface area contributed by atoms with E-state index in [2.05, 4.69) is 0 Å². The molecule has 3 heteroatoms. The molecule has 12 heavy (non-hydrogen) atoms. The molecule has 1 aliphatic heterocycles. The first kappa shape index (κ1) is 9.52. The molecule has 0 N–H and O–H groups in total. The van der Waals surface area contributed by atoms with Gasteiger partial charge in [-0.25, -0.2) is 0 Å². The third-order valence-electron chi connectivity index (χ3n) is 1.87. The fourth-order valence-corrected chi connectivity index (χ4v) is 1.33. The molecule has 1 atom stereocenters. The lowest BCUT2D eigenvalue weighted by Gasteiger charge is -2.23. The Hall–Kier alpha value is -0.570. The lowest BCUT2D eigenvalue weighted by Crippen LogP contribution is -2.33. The molecular formula is C9H17NO2. The largest absolute Gasteiger partial charge is 0.363 e. The fraction of sp³-hybridized carbons (Fsp3) is 0.889. The van der Waals surface area contributed by atoms with E-state index in [0.29, 0.717) is 0 Å². The van der Waals surface area contributed by atoms with Crippen LogP contribution in [0.1, 0.15) is 27.2 Å². The number of carbonyl (C=O) groups excluding carboxylic acids is 1. The van der Waals surface area contributed by atoms with Gasteiger partial charge >= 0.3 is 0 Å². The van der Waals surface area contributed by atoms with Gasteiger partial charge < -0.3 is 9.64 Å². The van der Waals surface area contributed by atoms with Crippen LogP contribution in [0.3, 0.4) is 0 Å². The zero-order valence-corrected chi connectivity index (χ0v) is 8.26. The monoisotopic (exact) mass is 171 g/mol. The van der Waals surface area contributed by atoms with Gasteiger partial charge in [-0.3, -0.25) is 4.79 Å². The standard InChI is InChI=1S/C9H17NO2/c1-9(2,3)12-7-5-6-10(4)8(7)11/h7H,5-6H2,1-4H3/t7-/m1/s1. The molecule has 1 amide bonds. The average molecular weight is 171 g/mol. The number of ether oxygens (including phenoxy) is 1. The van der Waals surface area contributed by atoms with Crippen molar-refractivity contribution in [1.29, 1.82) is 0 Å². The predicted octanol–water partition coefficient (Wildman–Crippen LogP) is 1.03. The van der Waals surface area contributed by atoms with Crippen molar-refractivity contribution >= 4 is 5.91 Å². The first-order valence-corrected chi connectivity index (χ1v) is 4.33. The molecule has 0 aliphatic carbocycles. The summed E-state index contributed by atoms with van der Waals surface area (Å²) in [4.78, 5) is 13.1. The zero-order valence-electron chi connectivity index (χ0n) is 8.26. The van der Waals surface area contributed by atoms with E-state index in [-0.39, 0.29) is 17.6 Å². The molecule has 0 radical (unpaired) electrons. The molecule has 70 valence electrons. The van der Waals surface area contributed by atoms with Crippen LogP contribution in [0, 0.1) is 0 Å². The van der Waals surface area contributed by atoms with E-state index in [1.165, 1.54) is 0 Å². The summed E-state index contributed by atoms with van der Waals surface area (Å²) in [5.41, 5.74) is -0.217. The zero-order chi connectivity index (χ0) is 9.35. The van der Waals surface area contributed by atoms with Gasteiger partial charge in [-0.1, -0.05) is 0 Å². The Balaban J connectivity index is 2.50. The molecule has 0 aromatic rings. The van der Waals surface area contributed by atoms with Gasteiger partial charge in [0.15, 0.2) is 0 Å². The number of amides is 1. The van der Waals surface area contributed by atoms with Crippen molar-refractivity contribution in [3.05, 3.63) is 0 Å². The normalized spacial score (nSPS) is 25.2. The van der Waals surface area contributed by atoms with E-state index in [9.17, 15) is 4.79 Å². The highest BCUT2D eigenvalue weighted by Crippen LogP contribution is 2.19. The molecule has 0 spiro atoms. The van der Waals surface area contributed by atoms with Crippen LogP contribution in [0.4, 0.5) is 0 Å². The van der Waals surface area contributed by atoms with Gasteiger partial charge in [0, 0.05) is 20.0 Å². The average Bonchev–Trinajstić information content (AvgIpc) is 2.16. The summed E-state index contributed by atoms with van der Waals surface area (Å²) >= 11 is 0. The molecule has 1 saturated heterocycles. The number of likely N-dealkylation sites (tertiary alicyclic amines) is 1. The van der Waals surface area contributed by atoms with Crippen molar-refractivity contribution in [1.82, 2.24) is 4.90 Å². The van der Waals surface area contributed by atoms with E-state index in [0.717, 1.165) is 13.0 Å². The van der Waals surface area contributed by atoms with E-state index in [1.807, 2.05) is 27.8 Å². The Bertz CT molecular complexity index is 183. The number of rotatable bonds is 1. The van der Waals surface area contributed by atoms with Gasteiger partial charge in [0.25, 0.3) is 5.91 Å². The molecule has 0 aromatic heterocycles. The molecule has 1 fully saturated rings. The SMILES string of the molecule is CN1CC[C@@H](OC(C)(C)C)C1=O. The highest BCUT2D eigenvalue weighted by Gasteiger charge is 2.32. The van der Waals surface area contributed by atoms with Crippen LogP contribution in [0.5, 0.6) is 0 Å². The maximum Gasteiger partial charge on any atom is 0.251 e. The Kier molecular flexibility index (Phi) is 2.42. The molecular weight excluding hydrogens is 154 g/mol. The summed E-state index contributed by atoms with van der Waals surface area (Å²) in [5.74, 6) is 0.116. The van der Waals surface area contributed by atoms with Crippen molar-refractivity contribution in [2.45, 2.75) is 38.9 Å². The first-order valence-electron chi connectivity index (χ1n) is 4.33. The second-order valence-electron chi connectivity index (χ2n) is 4.27. The minimum Gasteiger partial charge on any atom is -0.363 e. The van der Waals surface area contributed by atoms with Crippen LogP contribution in [0.2, 0.25) is 0 Å². The predicted molar refractivity (Wildman–Crippen MR) is 46.9 cm³/mol. The summed E-state index contributed by atoms with van der Waals surface area (Å²) < 4.78 is 5.59. The van der Waals surface area contributed by atoms with Gasteiger partial charge in [0.1, 0.15) is 6.10 Å². The summed E-state index contributed by atoms with van der Waals surface area (Å²) in [6.45, 7) is 6.73. The topological polar surface area (TPSA) is 29.5 Å². The number of hydrogen-bond donors (Lipinski definition) is 0. The van der Waals surface area contributed by atoms with Gasteiger partial charge in [0.2, 0.25) is 0 Å². The number of likely N-dealkylation sites (N-methyl/N-ethyl adjacent to an activating group) is 1. The lowest BCUT2D eigenvalue weighted by molar-refractivity contribution is -0.144. The minimum atomic E-state index is -0.217. The summed E-state index contributed by atoms with van der Waals surface area (Å²) in [6, 6.07) is 0. The van der Waals surface area contributed by atoms with Crippen LogP contribution in [-0.2, 0) is 9.53 Å². The van der Waals surface area contributed by atoms with E-state index < -0.39 is 0 Å². The molecule has 1 rings (SSSR count). The number of carbonyl (C=O) groups is 1. The molecule has 1 aliphatic rings. The fourth-order valence-electron chi connectivity index (χ4n) is 1.33. The number of hydrogen-bond acceptors (Lipinski definition) is 2. The Morgan fingerprint density at radius 2 is 2.08 bits per heavy atom.